The van der Waals surface area contributed by atoms with Crippen molar-refractivity contribution in [2.45, 2.75) is 56.9 Å². The number of aryl methyl sites for hydroxylation is 4. The number of hydrogen-bond donors (Lipinski definition) is 2. The van der Waals surface area contributed by atoms with Gasteiger partial charge in [-0.3, -0.25) is 19.5 Å². The van der Waals surface area contributed by atoms with Gasteiger partial charge in [0.25, 0.3) is 5.56 Å². The van der Waals surface area contributed by atoms with Crippen LogP contribution in [-0.4, -0.2) is 26.7 Å². The smallest absolute Gasteiger partial charge is 0.318 e. The third-order valence-electron chi connectivity index (χ3n) is 5.46. The Bertz CT molecular complexity index is 1260. The molecule has 4 rings (SSSR count). The third-order valence-corrected chi connectivity index (χ3v) is 7.70. The normalized spacial score (nSPS) is 14.3. The molecule has 1 aliphatic carbocycles. The molecule has 2 heterocycles. The molecule has 1 aromatic carbocycles. The fourth-order valence-corrected chi connectivity index (χ4v) is 6.10. The second-order valence-electron chi connectivity index (χ2n) is 7.83. The first kappa shape index (κ1) is 21.6. The lowest BCUT2D eigenvalue weighted by Gasteiger charge is -2.17. The van der Waals surface area contributed by atoms with Crippen LogP contribution in [0.4, 0.5) is 4.79 Å². The Morgan fingerprint density at radius 2 is 2.00 bits per heavy atom. The lowest BCUT2D eigenvalue weighted by atomic mass is 9.97. The van der Waals surface area contributed by atoms with Crippen molar-refractivity contribution >= 4 is 45.3 Å². The van der Waals surface area contributed by atoms with Gasteiger partial charge in [0.15, 0.2) is 5.16 Å². The van der Waals surface area contributed by atoms with Crippen LogP contribution < -0.4 is 16.6 Å². The zero-order valence-corrected chi connectivity index (χ0v) is 19.3. The van der Waals surface area contributed by atoms with Crippen LogP contribution in [0.25, 0.3) is 15.9 Å². The van der Waals surface area contributed by atoms with Gasteiger partial charge in [0.2, 0.25) is 5.91 Å². The second-order valence-corrected chi connectivity index (χ2v) is 10.2. The Hall–Kier alpha value is -2.65. The first-order chi connectivity index (χ1) is 14.8. The molecule has 0 aliphatic heterocycles. The molecule has 0 spiro atoms. The van der Waals surface area contributed by atoms with Crippen LogP contribution in [0, 0.1) is 13.8 Å². The number of hydrogen-bond acceptors (Lipinski definition) is 6. The third kappa shape index (κ3) is 4.12. The van der Waals surface area contributed by atoms with E-state index in [4.69, 9.17) is 10.7 Å². The summed E-state index contributed by atoms with van der Waals surface area (Å²) in [6.07, 6.45) is 4.06. The summed E-state index contributed by atoms with van der Waals surface area (Å²) in [4.78, 5) is 44.0. The number of carbonyl (C=O) groups excluding carboxylic acids is 2. The predicted molar refractivity (Wildman–Crippen MR) is 124 cm³/mol. The first-order valence-electron chi connectivity index (χ1n) is 10.2. The molecule has 0 unspecified atom stereocenters. The number of urea groups is 1. The van der Waals surface area contributed by atoms with Gasteiger partial charge in [0.1, 0.15) is 4.83 Å². The van der Waals surface area contributed by atoms with Crippen molar-refractivity contribution in [2.75, 3.05) is 0 Å². The fourth-order valence-electron chi connectivity index (χ4n) is 3.87. The molecule has 3 aromatic rings. The van der Waals surface area contributed by atoms with Gasteiger partial charge in [0.05, 0.1) is 16.3 Å². The number of nitrogens with zero attached hydrogens (tertiary/aromatic N) is 2. The summed E-state index contributed by atoms with van der Waals surface area (Å²) < 4.78 is 1.62. The largest absolute Gasteiger partial charge is 0.351 e. The monoisotopic (exact) mass is 456 g/mol. The average molecular weight is 457 g/mol. The molecule has 162 valence electrons. The molecule has 0 fully saturated rings. The van der Waals surface area contributed by atoms with Crippen LogP contribution in [0.1, 0.15) is 41.3 Å². The minimum Gasteiger partial charge on any atom is -0.351 e. The maximum absolute atomic E-state index is 13.8. The van der Waals surface area contributed by atoms with Crippen molar-refractivity contribution < 1.29 is 9.59 Å². The molecule has 1 atom stereocenters. The highest BCUT2D eigenvalue weighted by Gasteiger charge is 2.26. The molecule has 31 heavy (non-hydrogen) atoms. The van der Waals surface area contributed by atoms with Gasteiger partial charge < -0.3 is 5.73 Å². The van der Waals surface area contributed by atoms with Gasteiger partial charge in [-0.2, -0.15) is 0 Å². The van der Waals surface area contributed by atoms with Gasteiger partial charge in [-0.15, -0.1) is 11.3 Å². The van der Waals surface area contributed by atoms with E-state index in [1.54, 1.807) is 22.8 Å². The molecule has 1 aliphatic rings. The molecule has 9 heteroatoms. The summed E-state index contributed by atoms with van der Waals surface area (Å²) in [6.45, 7) is 5.58. The Morgan fingerprint density at radius 1 is 1.26 bits per heavy atom. The zero-order chi connectivity index (χ0) is 22.3. The van der Waals surface area contributed by atoms with E-state index in [0.717, 1.165) is 59.8 Å². The van der Waals surface area contributed by atoms with E-state index in [0.29, 0.717) is 15.4 Å². The molecule has 3 amide bonds. The SMILES string of the molecule is Cc1ccc(C)c(-n2c(S[C@@H](C)C(=O)NC(N)=O)nc3sc4c(c3c2=O)CCCC4)c1. The van der Waals surface area contributed by atoms with Crippen LogP contribution in [0.2, 0.25) is 0 Å². The number of rotatable bonds is 4. The Morgan fingerprint density at radius 3 is 2.74 bits per heavy atom. The Labute approximate surface area is 188 Å². The number of nitrogens with two attached hydrogens (primary N) is 1. The van der Waals surface area contributed by atoms with Crippen molar-refractivity contribution in [3.05, 3.63) is 50.1 Å². The van der Waals surface area contributed by atoms with Crippen molar-refractivity contribution in [3.8, 4) is 5.69 Å². The average Bonchev–Trinajstić information content (AvgIpc) is 3.08. The van der Waals surface area contributed by atoms with E-state index in [-0.39, 0.29) is 5.56 Å². The summed E-state index contributed by atoms with van der Waals surface area (Å²) in [7, 11) is 0. The zero-order valence-electron chi connectivity index (χ0n) is 17.7. The molecule has 0 radical (unpaired) electrons. The van der Waals surface area contributed by atoms with E-state index in [1.807, 2.05) is 32.0 Å². The summed E-state index contributed by atoms with van der Waals surface area (Å²) in [6, 6.07) is 5.03. The molecule has 3 N–H and O–H groups in total. The van der Waals surface area contributed by atoms with Gasteiger partial charge in [-0.1, -0.05) is 23.9 Å². The van der Waals surface area contributed by atoms with Crippen molar-refractivity contribution in [2.24, 2.45) is 5.73 Å². The Kier molecular flexibility index (Phi) is 5.90. The fraction of sp³-hybridized carbons (Fsp3) is 0.364. The van der Waals surface area contributed by atoms with Gasteiger partial charge in [-0.05, 0) is 69.2 Å². The molecule has 0 saturated carbocycles. The number of carbonyl (C=O) groups is 2. The highest BCUT2D eigenvalue weighted by atomic mass is 32.2. The van der Waals surface area contributed by atoms with Crippen LogP contribution in [0.3, 0.4) is 0 Å². The van der Waals surface area contributed by atoms with Crippen molar-refractivity contribution in [3.63, 3.8) is 0 Å². The molecular formula is C22H24N4O3S2. The lowest BCUT2D eigenvalue weighted by molar-refractivity contribution is -0.119. The molecule has 0 bridgehead atoms. The van der Waals surface area contributed by atoms with E-state index in [2.05, 4.69) is 5.32 Å². The number of benzene rings is 1. The number of primary amides is 1. The number of nitrogens with one attached hydrogen (secondary N) is 1. The number of thiophene rings is 1. The predicted octanol–water partition coefficient (Wildman–Crippen LogP) is 3.62. The van der Waals surface area contributed by atoms with E-state index < -0.39 is 17.2 Å². The molecular weight excluding hydrogens is 432 g/mol. The summed E-state index contributed by atoms with van der Waals surface area (Å²) >= 11 is 2.72. The second kappa shape index (κ2) is 8.47. The Balaban J connectivity index is 1.93. The van der Waals surface area contributed by atoms with Gasteiger partial charge in [0, 0.05) is 4.88 Å². The minimum atomic E-state index is -0.904. The van der Waals surface area contributed by atoms with Crippen LogP contribution in [-0.2, 0) is 17.6 Å². The topological polar surface area (TPSA) is 107 Å². The van der Waals surface area contributed by atoms with Crippen LogP contribution >= 0.6 is 23.1 Å². The van der Waals surface area contributed by atoms with Gasteiger partial charge >= 0.3 is 6.03 Å². The van der Waals surface area contributed by atoms with Crippen LogP contribution in [0.15, 0.2) is 28.2 Å². The van der Waals surface area contributed by atoms with E-state index in [1.165, 1.54) is 4.88 Å². The number of fused-ring (bicyclic) bond motifs is 3. The summed E-state index contributed by atoms with van der Waals surface area (Å²) in [5, 5.41) is 2.56. The first-order valence-corrected chi connectivity index (χ1v) is 11.9. The van der Waals surface area contributed by atoms with Gasteiger partial charge in [-0.25, -0.2) is 9.78 Å². The van der Waals surface area contributed by atoms with E-state index >= 15 is 0 Å². The number of amides is 3. The number of thioether (sulfide) groups is 1. The maximum atomic E-state index is 13.8. The summed E-state index contributed by atoms with van der Waals surface area (Å²) in [5.41, 5.74) is 8.82. The standard InChI is InChI=1S/C22H24N4O3S2/c1-11-8-9-12(2)15(10-11)26-20(28)17-14-6-4-5-7-16(14)31-19(17)25-22(26)30-13(3)18(27)24-21(23)29/h8-10,13H,4-7H2,1-3H3,(H3,23,24,27,29)/t13-/m0/s1. The highest BCUT2D eigenvalue weighted by Crippen LogP contribution is 2.36. The van der Waals surface area contributed by atoms with Crippen LogP contribution in [0.5, 0.6) is 0 Å². The lowest BCUT2D eigenvalue weighted by Crippen LogP contribution is -2.39. The number of aromatic nitrogens is 2. The number of imide groups is 1. The molecule has 0 saturated heterocycles. The molecule has 2 aromatic heterocycles. The molecule has 7 nitrogen and oxygen atoms in total. The quantitative estimate of drug-likeness (QED) is 0.461. The van der Waals surface area contributed by atoms with E-state index in [9.17, 15) is 14.4 Å². The van der Waals surface area contributed by atoms with Crippen molar-refractivity contribution in [1.82, 2.24) is 14.9 Å². The minimum absolute atomic E-state index is 0.108. The summed E-state index contributed by atoms with van der Waals surface area (Å²) in [5.74, 6) is -0.523. The van der Waals surface area contributed by atoms with Crippen molar-refractivity contribution in [1.29, 1.82) is 0 Å². The highest BCUT2D eigenvalue weighted by molar-refractivity contribution is 8.00. The maximum Gasteiger partial charge on any atom is 0.318 e.